The lowest BCUT2D eigenvalue weighted by Gasteiger charge is -1.96. The number of nitrogens with one attached hydrogen (secondary N) is 1. The molecule has 70 valence electrons. The molecule has 0 unspecified atom stereocenters. The Morgan fingerprint density at radius 3 is 3.00 bits per heavy atom. The van der Waals surface area contributed by atoms with E-state index in [4.69, 9.17) is 16.9 Å². The number of hydrogen-bond acceptors (Lipinski definition) is 1. The highest BCUT2D eigenvalue weighted by atomic mass is 35.5. The average molecular weight is 205 g/mol. The molecular weight excluding hydrogens is 196 g/mol. The first-order chi connectivity index (χ1) is 6.74. The number of nitriles is 1. The van der Waals surface area contributed by atoms with E-state index >= 15 is 0 Å². The van der Waals surface area contributed by atoms with Gasteiger partial charge in [-0.15, -0.1) is 0 Å². The second-order valence-electron chi connectivity index (χ2n) is 3.23. The van der Waals surface area contributed by atoms with Crippen molar-refractivity contribution in [1.29, 1.82) is 5.26 Å². The summed E-state index contributed by atoms with van der Waals surface area (Å²) in [5, 5.41) is 10.4. The van der Waals surface area contributed by atoms with Crippen molar-refractivity contribution in [2.24, 2.45) is 0 Å². The van der Waals surface area contributed by atoms with Gasteiger partial charge in [-0.1, -0.05) is 17.7 Å². The SMILES string of the molecule is Cc1[nH]c2cccc(Cl)c2c1CC#N. The molecule has 0 saturated carbocycles. The summed E-state index contributed by atoms with van der Waals surface area (Å²) in [5.41, 5.74) is 3.03. The lowest BCUT2D eigenvalue weighted by atomic mass is 10.1. The Labute approximate surface area is 87.1 Å². The molecule has 1 N–H and O–H groups in total. The quantitative estimate of drug-likeness (QED) is 0.762. The predicted molar refractivity (Wildman–Crippen MR) is 57.4 cm³/mol. The number of benzene rings is 1. The Bertz CT molecular complexity index is 520. The molecule has 0 atom stereocenters. The van der Waals surface area contributed by atoms with Crippen molar-refractivity contribution in [3.8, 4) is 6.07 Å². The number of rotatable bonds is 1. The Morgan fingerprint density at radius 1 is 1.50 bits per heavy atom. The van der Waals surface area contributed by atoms with E-state index in [1.54, 1.807) is 0 Å². The van der Waals surface area contributed by atoms with Crippen molar-refractivity contribution >= 4 is 22.5 Å². The molecule has 0 radical (unpaired) electrons. The van der Waals surface area contributed by atoms with E-state index in [0.29, 0.717) is 11.4 Å². The normalized spacial score (nSPS) is 10.4. The number of hydrogen-bond donors (Lipinski definition) is 1. The zero-order valence-electron chi connectivity index (χ0n) is 7.76. The van der Waals surface area contributed by atoms with Crippen molar-refractivity contribution in [1.82, 2.24) is 4.98 Å². The topological polar surface area (TPSA) is 39.6 Å². The van der Waals surface area contributed by atoms with Crippen LogP contribution in [0, 0.1) is 18.3 Å². The molecule has 3 heteroatoms. The monoisotopic (exact) mass is 204 g/mol. The van der Waals surface area contributed by atoms with Gasteiger partial charge in [0, 0.05) is 16.6 Å². The number of nitrogens with zero attached hydrogens (tertiary/aromatic N) is 1. The van der Waals surface area contributed by atoms with Gasteiger partial charge in [0.15, 0.2) is 0 Å². The standard InChI is InChI=1S/C11H9ClN2/c1-7-8(5-6-13)11-9(12)3-2-4-10(11)14-7/h2-4,14H,5H2,1H3. The van der Waals surface area contributed by atoms with Crippen LogP contribution < -0.4 is 0 Å². The van der Waals surface area contributed by atoms with Gasteiger partial charge in [-0.3, -0.25) is 0 Å². The Balaban J connectivity index is 2.81. The van der Waals surface area contributed by atoms with Gasteiger partial charge in [0.2, 0.25) is 0 Å². The summed E-state index contributed by atoms with van der Waals surface area (Å²) in [4.78, 5) is 3.22. The van der Waals surface area contributed by atoms with Gasteiger partial charge in [-0.05, 0) is 24.6 Å². The van der Waals surface area contributed by atoms with E-state index in [2.05, 4.69) is 11.1 Å². The minimum atomic E-state index is 0.398. The summed E-state index contributed by atoms with van der Waals surface area (Å²) in [6, 6.07) is 7.86. The van der Waals surface area contributed by atoms with Gasteiger partial charge in [0.05, 0.1) is 17.5 Å². The number of aryl methyl sites for hydroxylation is 1. The highest BCUT2D eigenvalue weighted by Gasteiger charge is 2.10. The summed E-state index contributed by atoms with van der Waals surface area (Å²) in [6.45, 7) is 1.96. The minimum Gasteiger partial charge on any atom is -0.358 e. The summed E-state index contributed by atoms with van der Waals surface area (Å²) in [6.07, 6.45) is 0.398. The molecule has 1 heterocycles. The van der Waals surface area contributed by atoms with Gasteiger partial charge in [-0.2, -0.15) is 5.26 Å². The summed E-state index contributed by atoms with van der Waals surface area (Å²) in [7, 11) is 0. The van der Waals surface area contributed by atoms with Gasteiger partial charge >= 0.3 is 0 Å². The van der Waals surface area contributed by atoms with E-state index in [1.807, 2.05) is 25.1 Å². The van der Waals surface area contributed by atoms with Crippen LogP contribution in [-0.2, 0) is 6.42 Å². The number of aromatic nitrogens is 1. The number of aromatic amines is 1. The maximum Gasteiger partial charge on any atom is 0.0670 e. The van der Waals surface area contributed by atoms with E-state index < -0.39 is 0 Å². The van der Waals surface area contributed by atoms with Crippen LogP contribution in [0.5, 0.6) is 0 Å². The lowest BCUT2D eigenvalue weighted by Crippen LogP contribution is -1.82. The molecule has 2 rings (SSSR count). The minimum absolute atomic E-state index is 0.398. The molecule has 1 aromatic heterocycles. The second kappa shape index (κ2) is 3.36. The number of fused-ring (bicyclic) bond motifs is 1. The lowest BCUT2D eigenvalue weighted by molar-refractivity contribution is 1.19. The van der Waals surface area contributed by atoms with Gasteiger partial charge < -0.3 is 4.98 Å². The van der Waals surface area contributed by atoms with E-state index in [-0.39, 0.29) is 0 Å². The zero-order chi connectivity index (χ0) is 10.1. The average Bonchev–Trinajstić information content (AvgIpc) is 2.45. The Hall–Kier alpha value is -1.46. The Morgan fingerprint density at radius 2 is 2.29 bits per heavy atom. The number of halogens is 1. The molecular formula is C11H9ClN2. The molecule has 0 spiro atoms. The third-order valence-corrected chi connectivity index (χ3v) is 2.66. The van der Waals surface area contributed by atoms with E-state index in [1.165, 1.54) is 0 Å². The molecule has 0 amide bonds. The van der Waals surface area contributed by atoms with Crippen molar-refractivity contribution in [3.05, 3.63) is 34.5 Å². The molecule has 0 aliphatic heterocycles. The van der Waals surface area contributed by atoms with E-state index in [9.17, 15) is 0 Å². The molecule has 1 aromatic carbocycles. The van der Waals surface area contributed by atoms with Crippen LogP contribution in [-0.4, -0.2) is 4.98 Å². The smallest absolute Gasteiger partial charge is 0.0670 e. The molecule has 0 aliphatic rings. The Kier molecular flexibility index (Phi) is 2.18. The van der Waals surface area contributed by atoms with Crippen LogP contribution in [0.15, 0.2) is 18.2 Å². The van der Waals surface area contributed by atoms with Crippen LogP contribution in [0.25, 0.3) is 10.9 Å². The van der Waals surface area contributed by atoms with Crippen LogP contribution in [0.2, 0.25) is 5.02 Å². The largest absolute Gasteiger partial charge is 0.358 e. The highest BCUT2D eigenvalue weighted by molar-refractivity contribution is 6.35. The maximum atomic E-state index is 8.71. The maximum absolute atomic E-state index is 8.71. The third-order valence-electron chi connectivity index (χ3n) is 2.35. The van der Waals surface area contributed by atoms with Crippen molar-refractivity contribution in [3.63, 3.8) is 0 Å². The predicted octanol–water partition coefficient (Wildman–Crippen LogP) is 3.20. The van der Waals surface area contributed by atoms with Gasteiger partial charge in [0.25, 0.3) is 0 Å². The molecule has 2 aromatic rings. The first-order valence-electron chi connectivity index (χ1n) is 4.36. The van der Waals surface area contributed by atoms with Crippen molar-refractivity contribution < 1.29 is 0 Å². The first kappa shape index (κ1) is 9.11. The van der Waals surface area contributed by atoms with Gasteiger partial charge in [0.1, 0.15) is 0 Å². The second-order valence-corrected chi connectivity index (χ2v) is 3.63. The molecule has 0 bridgehead atoms. The van der Waals surface area contributed by atoms with Crippen molar-refractivity contribution in [2.45, 2.75) is 13.3 Å². The fraction of sp³-hybridized carbons (Fsp3) is 0.182. The fourth-order valence-corrected chi connectivity index (χ4v) is 1.99. The number of H-pyrrole nitrogens is 1. The van der Waals surface area contributed by atoms with Crippen molar-refractivity contribution in [2.75, 3.05) is 0 Å². The van der Waals surface area contributed by atoms with Crippen LogP contribution in [0.1, 0.15) is 11.3 Å². The fourth-order valence-electron chi connectivity index (χ4n) is 1.70. The summed E-state index contributed by atoms with van der Waals surface area (Å²) >= 11 is 6.08. The van der Waals surface area contributed by atoms with Crippen LogP contribution in [0.4, 0.5) is 0 Å². The summed E-state index contributed by atoms with van der Waals surface area (Å²) < 4.78 is 0. The van der Waals surface area contributed by atoms with Crippen LogP contribution in [0.3, 0.4) is 0 Å². The molecule has 0 fully saturated rings. The van der Waals surface area contributed by atoms with Gasteiger partial charge in [-0.25, -0.2) is 0 Å². The first-order valence-corrected chi connectivity index (χ1v) is 4.74. The molecule has 14 heavy (non-hydrogen) atoms. The van der Waals surface area contributed by atoms with Crippen LogP contribution >= 0.6 is 11.6 Å². The van der Waals surface area contributed by atoms with E-state index in [0.717, 1.165) is 22.2 Å². The highest BCUT2D eigenvalue weighted by Crippen LogP contribution is 2.29. The summed E-state index contributed by atoms with van der Waals surface area (Å²) in [5.74, 6) is 0. The molecule has 0 saturated heterocycles. The molecule has 0 aliphatic carbocycles. The third kappa shape index (κ3) is 1.26. The zero-order valence-corrected chi connectivity index (χ0v) is 8.52. The molecule has 2 nitrogen and oxygen atoms in total.